The molecule has 0 bridgehead atoms. The van der Waals surface area contributed by atoms with Gasteiger partial charge in [0.1, 0.15) is 23.1 Å². The number of ether oxygens (including phenoxy) is 5. The summed E-state index contributed by atoms with van der Waals surface area (Å²) in [6.07, 6.45) is 9.66. The van der Waals surface area contributed by atoms with E-state index in [1.54, 1.807) is 19.4 Å². The molecular formula is C64H79N11O11S. The standard InChI is InChI=1S/C64H79N11O11S/c1-42-6-4-5-7-49(42)55-39-70(38-44-30-56(82-3)60(67-37-44)72-24-26-83-27-25-72)22-23-73(55)47-34-64(35-47)17-20-71(21-18-64)46-8-10-50(52(32-46)74-40-57-58(41-84-28-29-85-57)86-62-54(74)31-45-14-19-65-59(45)68-62)61(76)69-87(80,81)48-9-11-51(53(33-48)75(78)79)66-36-43-12-15-63(2,77)16-13-43/h4-11,14,19,30-33,37,43,47,55,57-58,66,77H,12-13,15-18,20-29,34-36,38-41H2,1-3H3,(H,65,68)(H,69,76)/t43-,55-,57-,58+,63-/m0/s1. The van der Waals surface area contributed by atoms with Crippen LogP contribution in [-0.4, -0.2) is 172 Å². The quantitative estimate of drug-likeness (QED) is 0.0560. The van der Waals surface area contributed by atoms with E-state index in [4.69, 9.17) is 33.7 Å². The number of morpholine rings is 1. The second kappa shape index (κ2) is 24.5. The van der Waals surface area contributed by atoms with Crippen molar-refractivity contribution >= 4 is 61.2 Å². The zero-order chi connectivity index (χ0) is 60.0. The number of carbonyl (C=O) groups is 1. The van der Waals surface area contributed by atoms with Crippen LogP contribution in [0.1, 0.15) is 91.4 Å². The Labute approximate surface area is 507 Å². The number of piperazine rings is 1. The van der Waals surface area contributed by atoms with Gasteiger partial charge in [0.05, 0.1) is 73.4 Å². The molecule has 87 heavy (non-hydrogen) atoms. The van der Waals surface area contributed by atoms with Crippen molar-refractivity contribution in [1.29, 1.82) is 0 Å². The van der Waals surface area contributed by atoms with E-state index in [1.807, 2.05) is 42.3 Å². The lowest BCUT2D eigenvalue weighted by molar-refractivity contribution is -0.384. The maximum absolute atomic E-state index is 14.9. The lowest BCUT2D eigenvalue weighted by atomic mass is 9.59. The largest absolute Gasteiger partial charge is 0.493 e. The lowest BCUT2D eigenvalue weighted by Crippen LogP contribution is -2.59. The number of nitrogens with one attached hydrogen (secondary N) is 3. The number of aromatic amines is 1. The topological polar surface area (TPSA) is 243 Å². The highest BCUT2D eigenvalue weighted by Crippen LogP contribution is 2.54. The number of methoxy groups -OCH3 is 1. The molecule has 0 unspecified atom stereocenters. The summed E-state index contributed by atoms with van der Waals surface area (Å²) < 4.78 is 61.4. The van der Waals surface area contributed by atoms with E-state index in [0.29, 0.717) is 74.8 Å². The number of anilines is 5. The number of hydrogen-bond acceptors (Lipinski definition) is 19. The summed E-state index contributed by atoms with van der Waals surface area (Å²) in [6.45, 7) is 13.7. The van der Waals surface area contributed by atoms with Crippen LogP contribution in [0, 0.1) is 28.4 Å². The number of aliphatic hydroxyl groups is 1. The number of H-pyrrole nitrogens is 1. The Hall–Kier alpha value is -7.12. The maximum Gasteiger partial charge on any atom is 0.293 e. The first-order valence-corrected chi connectivity index (χ1v) is 32.3. The number of rotatable bonds is 15. The Morgan fingerprint density at radius 3 is 2.47 bits per heavy atom. The normalized spacial score (nSPS) is 24.7. The summed E-state index contributed by atoms with van der Waals surface area (Å²) in [5.74, 6) is 1.22. The Morgan fingerprint density at radius 2 is 1.69 bits per heavy atom. The summed E-state index contributed by atoms with van der Waals surface area (Å²) in [6, 6.07) is 24.6. The molecule has 23 heteroatoms. The number of piperidine rings is 1. The Kier molecular flexibility index (Phi) is 16.5. The van der Waals surface area contributed by atoms with E-state index >= 15 is 0 Å². The first-order valence-electron chi connectivity index (χ1n) is 30.8. The summed E-state index contributed by atoms with van der Waals surface area (Å²) in [5, 5.41) is 26.9. The molecule has 3 aromatic heterocycles. The van der Waals surface area contributed by atoms with Crippen LogP contribution in [0.25, 0.3) is 11.0 Å². The Bertz CT molecular complexity index is 3610. The van der Waals surface area contributed by atoms with Crippen LogP contribution in [-0.2, 0) is 30.8 Å². The molecule has 2 saturated carbocycles. The molecule has 1 spiro atoms. The monoisotopic (exact) mass is 1210 g/mol. The van der Waals surface area contributed by atoms with Crippen molar-refractivity contribution in [2.24, 2.45) is 11.3 Å². The fraction of sp³-hybridized carbons (Fsp3) is 0.516. The number of aromatic nitrogens is 3. The second-order valence-electron chi connectivity index (χ2n) is 25.2. The molecule has 462 valence electrons. The zero-order valence-corrected chi connectivity index (χ0v) is 50.6. The molecule has 1 amide bonds. The number of nitro benzene ring substituents is 1. The predicted octanol–water partition coefficient (Wildman–Crippen LogP) is 8.11. The average Bonchev–Trinajstić information content (AvgIpc) is 1.31. The molecule has 3 aromatic carbocycles. The van der Waals surface area contributed by atoms with Gasteiger partial charge in [0.2, 0.25) is 5.88 Å². The van der Waals surface area contributed by atoms with Crippen LogP contribution >= 0.6 is 0 Å². The highest BCUT2D eigenvalue weighted by molar-refractivity contribution is 7.90. The Morgan fingerprint density at radius 1 is 0.885 bits per heavy atom. The molecule has 0 radical (unpaired) electrons. The molecule has 4 saturated heterocycles. The minimum Gasteiger partial charge on any atom is -0.493 e. The van der Waals surface area contributed by atoms with Gasteiger partial charge in [0.15, 0.2) is 17.7 Å². The van der Waals surface area contributed by atoms with Crippen molar-refractivity contribution in [3.05, 3.63) is 124 Å². The van der Waals surface area contributed by atoms with Crippen molar-refractivity contribution in [3.8, 4) is 11.6 Å². The third-order valence-corrected chi connectivity index (χ3v) is 20.8. The van der Waals surface area contributed by atoms with Crippen molar-refractivity contribution in [1.82, 2.24) is 29.5 Å². The van der Waals surface area contributed by atoms with Crippen molar-refractivity contribution in [3.63, 3.8) is 0 Å². The van der Waals surface area contributed by atoms with Gasteiger partial charge in [-0.3, -0.25) is 24.7 Å². The maximum atomic E-state index is 14.9. The van der Waals surface area contributed by atoms with Gasteiger partial charge >= 0.3 is 0 Å². The summed E-state index contributed by atoms with van der Waals surface area (Å²) in [5.41, 5.74) is 5.49. The van der Waals surface area contributed by atoms with Crippen LogP contribution in [0.15, 0.2) is 96.2 Å². The molecule has 8 heterocycles. The fourth-order valence-electron chi connectivity index (χ4n) is 14.4. The van der Waals surface area contributed by atoms with Crippen molar-refractivity contribution < 1.29 is 46.9 Å². The number of aryl methyl sites for hydroxylation is 1. The minimum atomic E-state index is -4.67. The first-order chi connectivity index (χ1) is 42.1. The number of benzene rings is 3. The van der Waals surface area contributed by atoms with Gasteiger partial charge in [-0.2, -0.15) is 4.98 Å². The van der Waals surface area contributed by atoms with Gasteiger partial charge < -0.3 is 53.8 Å². The smallest absolute Gasteiger partial charge is 0.293 e. The van der Waals surface area contributed by atoms with Gasteiger partial charge in [-0.1, -0.05) is 24.3 Å². The van der Waals surface area contributed by atoms with Crippen molar-refractivity contribution in [2.45, 2.75) is 107 Å². The number of amides is 1. The van der Waals surface area contributed by atoms with E-state index < -0.39 is 49.2 Å². The van der Waals surface area contributed by atoms with Crippen LogP contribution in [0.4, 0.5) is 34.3 Å². The molecule has 7 aliphatic rings. The van der Waals surface area contributed by atoms with E-state index in [-0.39, 0.29) is 41.8 Å². The molecule has 22 nitrogen and oxygen atoms in total. The van der Waals surface area contributed by atoms with Gasteiger partial charge in [-0.05, 0) is 142 Å². The third kappa shape index (κ3) is 12.4. The number of nitro groups is 1. The van der Waals surface area contributed by atoms with E-state index in [0.717, 1.165) is 125 Å². The van der Waals surface area contributed by atoms with E-state index in [2.05, 4.69) is 71.9 Å². The molecule has 13 rings (SSSR count). The molecule has 4 N–H and O–H groups in total. The number of carbonyl (C=O) groups excluding carboxylic acids is 1. The van der Waals surface area contributed by atoms with Crippen LogP contribution < -0.4 is 34.2 Å². The van der Waals surface area contributed by atoms with Gasteiger partial charge in [-0.15, -0.1) is 0 Å². The van der Waals surface area contributed by atoms with Gasteiger partial charge in [-0.25, -0.2) is 18.1 Å². The summed E-state index contributed by atoms with van der Waals surface area (Å²) in [7, 11) is -2.95. The predicted molar refractivity (Wildman–Crippen MR) is 330 cm³/mol. The molecule has 6 aromatic rings. The summed E-state index contributed by atoms with van der Waals surface area (Å²) in [4.78, 5) is 51.2. The second-order valence-corrected chi connectivity index (χ2v) is 26.9. The molecule has 5 aliphatic heterocycles. The van der Waals surface area contributed by atoms with Crippen LogP contribution in [0.5, 0.6) is 11.6 Å². The SMILES string of the molecule is COc1cc(CN2CCN(C3CC4(CCN(c5ccc(C(=O)NS(=O)(=O)c6ccc(NC[C@H]7CC[C@](C)(O)CC7)c([N+](=O)[O-])c6)c(N6C[C@@H]7OCCOC[C@H]7Oc7nc8[nH]ccc8cc76)c5)CC4)C3)[C@H](c3ccccc3C)C2)cnc1N1CCOCC1. The molecule has 3 atom stereocenters. The Balaban J connectivity index is 0.743. The zero-order valence-electron chi connectivity index (χ0n) is 49.8. The lowest BCUT2D eigenvalue weighted by Gasteiger charge is -2.58. The molecule has 2 aliphatic carbocycles. The fourth-order valence-corrected chi connectivity index (χ4v) is 15.4. The summed E-state index contributed by atoms with van der Waals surface area (Å²) >= 11 is 0. The highest BCUT2D eigenvalue weighted by Gasteiger charge is 2.50. The van der Waals surface area contributed by atoms with Gasteiger partial charge in [0.25, 0.3) is 21.6 Å². The highest BCUT2D eigenvalue weighted by atomic mass is 32.2. The molecule has 6 fully saturated rings. The van der Waals surface area contributed by atoms with Crippen molar-refractivity contribution in [2.75, 3.05) is 119 Å². The first kappa shape index (κ1) is 58.9. The van der Waals surface area contributed by atoms with Crippen LogP contribution in [0.2, 0.25) is 0 Å². The number of sulfonamides is 1. The van der Waals surface area contributed by atoms with E-state index in [1.165, 1.54) is 23.3 Å². The van der Waals surface area contributed by atoms with Gasteiger partial charge in [0, 0.05) is 101 Å². The molecular weight excluding hydrogens is 1130 g/mol. The minimum absolute atomic E-state index is 0.0571. The number of nitrogens with zero attached hydrogens (tertiary/aromatic N) is 8. The third-order valence-electron chi connectivity index (χ3n) is 19.5. The average molecular weight is 1210 g/mol. The number of pyridine rings is 2. The number of fused-ring (bicyclic) bond motifs is 3. The van der Waals surface area contributed by atoms with E-state index in [9.17, 15) is 28.4 Å². The number of hydrogen-bond donors (Lipinski definition) is 4. The van der Waals surface area contributed by atoms with Crippen LogP contribution in [0.3, 0.4) is 0 Å².